The fourth-order valence-corrected chi connectivity index (χ4v) is 3.84. The number of carbonyl (C=O) groups is 1. The highest BCUT2D eigenvalue weighted by Gasteiger charge is 2.30. The van der Waals surface area contributed by atoms with Crippen molar-refractivity contribution in [1.82, 2.24) is 25.2 Å². The third-order valence-electron chi connectivity index (χ3n) is 5.49. The van der Waals surface area contributed by atoms with E-state index in [1.807, 2.05) is 0 Å². The number of pyridine rings is 1. The number of benzene rings is 1. The number of carbonyl (C=O) groups excluding carboxylic acids is 1. The van der Waals surface area contributed by atoms with E-state index in [9.17, 15) is 27.2 Å². The Kier molecular flexibility index (Phi) is 5.48. The summed E-state index contributed by atoms with van der Waals surface area (Å²) in [6.45, 7) is -0.212. The van der Waals surface area contributed by atoms with Crippen molar-refractivity contribution >= 4 is 22.6 Å². The minimum Gasteiger partial charge on any atom is -0.365 e. The first-order chi connectivity index (χ1) is 17.3. The maximum Gasteiger partial charge on any atom is 0.394 e. The Morgan fingerprint density at radius 3 is 2.62 bits per heavy atom. The van der Waals surface area contributed by atoms with E-state index < -0.39 is 42.7 Å². The third kappa shape index (κ3) is 5.33. The van der Waals surface area contributed by atoms with Crippen molar-refractivity contribution < 1.29 is 26.5 Å². The minimum atomic E-state index is -4.54. The molecule has 0 saturated carbocycles. The molecule has 1 fully saturated rings. The molecule has 1 aliphatic heterocycles. The van der Waals surface area contributed by atoms with Crippen LogP contribution in [0.15, 0.2) is 35.1 Å². The van der Waals surface area contributed by atoms with Gasteiger partial charge in [0, 0.05) is 43.8 Å². The highest BCUT2D eigenvalue weighted by molar-refractivity contribution is 5.92. The van der Waals surface area contributed by atoms with Crippen molar-refractivity contribution in [2.75, 3.05) is 38.1 Å². The zero-order valence-electron chi connectivity index (χ0n) is 20.7. The van der Waals surface area contributed by atoms with Gasteiger partial charge >= 0.3 is 6.18 Å². The van der Waals surface area contributed by atoms with Gasteiger partial charge in [-0.2, -0.15) is 17.6 Å². The SMILES string of the molecule is [2H]C([2H])([2H])NC(=O)c1ccc(N2CCN(Cc3ccc4nc(CC(F)(F)F)c(=O)[nH]c4c3)CC2)c(F)n1. The predicted octanol–water partition coefficient (Wildman–Crippen LogP) is 2.24. The van der Waals surface area contributed by atoms with Gasteiger partial charge in [0.05, 0.1) is 23.1 Å². The summed E-state index contributed by atoms with van der Waals surface area (Å²) in [5.74, 6) is -1.89. The number of nitrogens with one attached hydrogen (secondary N) is 2. The predicted molar refractivity (Wildman–Crippen MR) is 117 cm³/mol. The van der Waals surface area contributed by atoms with E-state index in [4.69, 9.17) is 4.11 Å². The largest absolute Gasteiger partial charge is 0.394 e. The van der Waals surface area contributed by atoms with E-state index >= 15 is 0 Å². The fraction of sp³-hybridized carbons (Fsp3) is 0.364. The smallest absolute Gasteiger partial charge is 0.365 e. The fourth-order valence-electron chi connectivity index (χ4n) is 3.84. The standard InChI is InChI=1S/C22H22F4N6O2/c1-27-20(33)15-4-5-18(19(23)29-15)32-8-6-31(7-9-32)12-13-2-3-14-16(10-13)30-21(34)17(28-14)11-22(24,25)26/h2-5,10H,6-9,11-12H2,1H3,(H,27,33)(H,30,34)/i1D3. The molecular weight excluding hydrogens is 456 g/mol. The van der Waals surface area contributed by atoms with E-state index in [2.05, 4.69) is 19.9 Å². The molecule has 0 aliphatic carbocycles. The first kappa shape index (κ1) is 19.9. The zero-order valence-corrected chi connectivity index (χ0v) is 17.7. The van der Waals surface area contributed by atoms with Crippen LogP contribution in [0, 0.1) is 5.95 Å². The van der Waals surface area contributed by atoms with Crippen LogP contribution in [0.3, 0.4) is 0 Å². The van der Waals surface area contributed by atoms with E-state index in [0.29, 0.717) is 38.2 Å². The average Bonchev–Trinajstić information content (AvgIpc) is 2.78. The molecule has 3 aromatic rings. The molecule has 4 rings (SSSR count). The molecule has 2 aromatic heterocycles. The lowest BCUT2D eigenvalue weighted by molar-refractivity contribution is -0.128. The van der Waals surface area contributed by atoms with Crippen LogP contribution in [0.5, 0.6) is 0 Å². The van der Waals surface area contributed by atoms with E-state index in [1.165, 1.54) is 12.1 Å². The number of rotatable bonds is 5. The van der Waals surface area contributed by atoms with Crippen molar-refractivity contribution in [2.45, 2.75) is 19.1 Å². The lowest BCUT2D eigenvalue weighted by Crippen LogP contribution is -2.46. The molecule has 0 spiro atoms. The molecule has 1 aliphatic rings. The molecule has 34 heavy (non-hydrogen) atoms. The zero-order chi connectivity index (χ0) is 27.0. The second-order valence-corrected chi connectivity index (χ2v) is 7.88. The molecule has 0 bridgehead atoms. The van der Waals surface area contributed by atoms with Crippen LogP contribution in [0.25, 0.3) is 11.0 Å². The number of hydrogen-bond donors (Lipinski definition) is 2. The van der Waals surface area contributed by atoms with Crippen LogP contribution in [0.4, 0.5) is 23.2 Å². The highest BCUT2D eigenvalue weighted by Crippen LogP contribution is 2.22. The Labute approximate surface area is 195 Å². The molecule has 12 heteroatoms. The number of piperazine rings is 1. The van der Waals surface area contributed by atoms with Gasteiger partial charge in [-0.15, -0.1) is 0 Å². The van der Waals surface area contributed by atoms with Crippen molar-refractivity contribution in [1.29, 1.82) is 0 Å². The van der Waals surface area contributed by atoms with Crippen molar-refractivity contribution in [2.24, 2.45) is 0 Å². The van der Waals surface area contributed by atoms with Crippen LogP contribution >= 0.6 is 0 Å². The lowest BCUT2D eigenvalue weighted by atomic mass is 10.1. The van der Waals surface area contributed by atoms with Crippen LogP contribution in [0.1, 0.15) is 25.9 Å². The molecule has 1 aromatic carbocycles. The molecule has 8 nitrogen and oxygen atoms in total. The summed E-state index contributed by atoms with van der Waals surface area (Å²) in [6, 6.07) is 7.59. The first-order valence-electron chi connectivity index (χ1n) is 11.8. The minimum absolute atomic E-state index is 0.189. The quantitative estimate of drug-likeness (QED) is 0.429. The van der Waals surface area contributed by atoms with Gasteiger partial charge in [0.25, 0.3) is 11.5 Å². The molecule has 1 amide bonds. The summed E-state index contributed by atoms with van der Waals surface area (Å²) < 4.78 is 73.7. The number of aromatic amines is 1. The number of alkyl halides is 3. The maximum absolute atomic E-state index is 14.6. The van der Waals surface area contributed by atoms with Crippen LogP contribution in [-0.2, 0) is 13.0 Å². The maximum atomic E-state index is 14.6. The van der Waals surface area contributed by atoms with Crippen LogP contribution < -0.4 is 15.8 Å². The van der Waals surface area contributed by atoms with Gasteiger partial charge in [0.2, 0.25) is 5.95 Å². The van der Waals surface area contributed by atoms with E-state index in [1.54, 1.807) is 28.4 Å². The average molecular weight is 481 g/mol. The topological polar surface area (TPSA) is 94.2 Å². The Balaban J connectivity index is 1.38. The molecular formula is C22H22F4N6O2. The molecule has 0 radical (unpaired) electrons. The summed E-state index contributed by atoms with van der Waals surface area (Å²) >= 11 is 0. The van der Waals surface area contributed by atoms with Gasteiger partial charge in [-0.1, -0.05) is 6.07 Å². The number of fused-ring (bicyclic) bond motifs is 1. The normalized spacial score (nSPS) is 16.7. The van der Waals surface area contributed by atoms with Crippen molar-refractivity contribution in [3.05, 3.63) is 63.6 Å². The molecule has 1 saturated heterocycles. The number of amides is 1. The van der Waals surface area contributed by atoms with Gasteiger partial charge < -0.3 is 15.2 Å². The summed E-state index contributed by atoms with van der Waals surface area (Å²) in [6.07, 6.45) is -5.94. The monoisotopic (exact) mass is 481 g/mol. The summed E-state index contributed by atoms with van der Waals surface area (Å²) in [5, 5.41) is 1.76. The number of anilines is 1. The Bertz CT molecular complexity index is 1370. The Morgan fingerprint density at radius 1 is 1.18 bits per heavy atom. The first-order valence-corrected chi connectivity index (χ1v) is 10.3. The summed E-state index contributed by atoms with van der Waals surface area (Å²) in [4.78, 5) is 37.7. The Hall–Kier alpha value is -3.54. The molecule has 3 heterocycles. The van der Waals surface area contributed by atoms with Crippen LogP contribution in [0.2, 0.25) is 0 Å². The highest BCUT2D eigenvalue weighted by atomic mass is 19.4. The summed E-state index contributed by atoms with van der Waals surface area (Å²) in [7, 11) is 0. The second kappa shape index (κ2) is 9.37. The van der Waals surface area contributed by atoms with E-state index in [0.717, 1.165) is 5.56 Å². The lowest BCUT2D eigenvalue weighted by Gasteiger charge is -2.36. The number of aromatic nitrogens is 3. The van der Waals surface area contributed by atoms with Crippen LogP contribution in [-0.4, -0.2) is 65.1 Å². The third-order valence-corrected chi connectivity index (χ3v) is 5.49. The second-order valence-electron chi connectivity index (χ2n) is 7.88. The van der Waals surface area contributed by atoms with Gasteiger partial charge in [-0.25, -0.2) is 9.97 Å². The van der Waals surface area contributed by atoms with E-state index in [-0.39, 0.29) is 16.9 Å². The number of H-pyrrole nitrogens is 1. The number of nitrogens with zero attached hydrogens (tertiary/aromatic N) is 4. The van der Waals surface area contributed by atoms with Crippen molar-refractivity contribution in [3.63, 3.8) is 0 Å². The molecule has 2 N–H and O–H groups in total. The molecule has 0 atom stereocenters. The van der Waals surface area contributed by atoms with Gasteiger partial charge in [-0.3, -0.25) is 14.5 Å². The Morgan fingerprint density at radius 2 is 1.94 bits per heavy atom. The molecule has 180 valence electrons. The van der Waals surface area contributed by atoms with Gasteiger partial charge in [-0.05, 0) is 29.8 Å². The van der Waals surface area contributed by atoms with Gasteiger partial charge in [0.15, 0.2) is 0 Å². The number of hydrogen-bond acceptors (Lipinski definition) is 6. The number of halogens is 4. The van der Waals surface area contributed by atoms with Crippen molar-refractivity contribution in [3.8, 4) is 0 Å². The van der Waals surface area contributed by atoms with Gasteiger partial charge in [0.1, 0.15) is 11.4 Å². The summed E-state index contributed by atoms with van der Waals surface area (Å²) in [5.41, 5.74) is -0.210. The molecule has 0 unspecified atom stereocenters.